The van der Waals surface area contributed by atoms with Gasteiger partial charge in [-0.1, -0.05) is 60.7 Å². The summed E-state index contributed by atoms with van der Waals surface area (Å²) in [5, 5.41) is 26.5. The van der Waals surface area contributed by atoms with Crippen molar-refractivity contribution in [3.8, 4) is 0 Å². The zero-order chi connectivity index (χ0) is 36.4. The fourth-order valence-corrected chi connectivity index (χ4v) is 6.93. The van der Waals surface area contributed by atoms with Crippen molar-refractivity contribution in [2.75, 3.05) is 17.2 Å². The predicted octanol–water partition coefficient (Wildman–Crippen LogP) is 2.86. The van der Waals surface area contributed by atoms with Crippen LogP contribution in [-0.2, 0) is 47.9 Å². The van der Waals surface area contributed by atoms with Crippen molar-refractivity contribution in [3.05, 3.63) is 95.1 Å². The van der Waals surface area contributed by atoms with E-state index in [0.29, 0.717) is 21.7 Å². The van der Waals surface area contributed by atoms with Crippen molar-refractivity contribution >= 4 is 57.1 Å². The van der Waals surface area contributed by atoms with Crippen LogP contribution in [0.25, 0.3) is 0 Å². The van der Waals surface area contributed by atoms with E-state index in [4.69, 9.17) is 26.2 Å². The van der Waals surface area contributed by atoms with Gasteiger partial charge in [-0.05, 0) is 35.2 Å². The summed E-state index contributed by atoms with van der Waals surface area (Å²) < 4.78 is 60.3. The second-order valence-corrected chi connectivity index (χ2v) is 13.4. The van der Waals surface area contributed by atoms with Crippen LogP contribution in [0.15, 0.2) is 77.7 Å². The number of carbonyl (C=O) groups excluding carboxylic acids is 2. The van der Waals surface area contributed by atoms with E-state index in [2.05, 4.69) is 10.0 Å². The molecule has 3 aromatic rings. The molecule has 1 aliphatic rings. The number of aryl methyl sites for hydroxylation is 1. The number of rotatable bonds is 12. The summed E-state index contributed by atoms with van der Waals surface area (Å²) in [6.07, 6.45) is -4.86. The first kappa shape index (κ1) is 38.5. The van der Waals surface area contributed by atoms with Crippen molar-refractivity contribution in [2.24, 2.45) is 5.73 Å². The molecule has 7 N–H and O–H groups in total. The van der Waals surface area contributed by atoms with Gasteiger partial charge in [-0.15, -0.1) is 11.8 Å². The Balaban J connectivity index is 0.000000838. The van der Waals surface area contributed by atoms with Gasteiger partial charge in [0.25, 0.3) is 0 Å². The number of aliphatic carboxylic acids is 2. The first-order valence-electron chi connectivity index (χ1n) is 14.3. The molecule has 0 aromatic heterocycles. The monoisotopic (exact) mass is 723 g/mol. The zero-order valence-electron chi connectivity index (χ0n) is 25.6. The second-order valence-electron chi connectivity index (χ2n) is 10.5. The standard InChI is InChI=1S/C29H31N5O6S2.C2HF3O2/c30-28(31)22-10-6-20(7-11-22)15-32-26(35)16-34-24-12-8-19(9-13-27(36)37)14-25(24)41-17-23(29(34)38)33-42(39,40)18-21-4-2-1-3-5-21;3-2(4,5)1(6)7/h1-8,10-12,14,23,33H,9,13,15-18H2,(H3,30,31)(H,32,35)(H,36,37);(H,6,7)/t23-;/m1./s1. The lowest BCUT2D eigenvalue weighted by Crippen LogP contribution is -2.51. The number of sulfonamides is 1. The van der Waals surface area contributed by atoms with Gasteiger partial charge in [0.05, 0.1) is 11.4 Å². The number of nitrogen functional groups attached to an aromatic ring is 1. The highest BCUT2D eigenvalue weighted by Gasteiger charge is 2.38. The number of alkyl halides is 3. The highest BCUT2D eigenvalue weighted by atomic mass is 32.2. The summed E-state index contributed by atoms with van der Waals surface area (Å²) >= 11 is 1.27. The molecule has 0 fully saturated rings. The molecule has 13 nitrogen and oxygen atoms in total. The fourth-order valence-electron chi connectivity index (χ4n) is 4.36. The van der Waals surface area contributed by atoms with Crippen LogP contribution in [0.2, 0.25) is 0 Å². The number of anilines is 1. The van der Waals surface area contributed by atoms with Crippen molar-refractivity contribution in [1.29, 1.82) is 5.41 Å². The largest absolute Gasteiger partial charge is 0.490 e. The van der Waals surface area contributed by atoms with Gasteiger partial charge in [0.1, 0.15) is 18.4 Å². The maximum absolute atomic E-state index is 13.7. The van der Waals surface area contributed by atoms with E-state index < -0.39 is 46.0 Å². The van der Waals surface area contributed by atoms with E-state index in [0.717, 1.165) is 11.1 Å². The number of carbonyl (C=O) groups is 4. The highest BCUT2D eigenvalue weighted by Crippen LogP contribution is 2.36. The number of nitrogens with two attached hydrogens (primary N) is 1. The van der Waals surface area contributed by atoms with E-state index in [-0.39, 0.29) is 43.3 Å². The van der Waals surface area contributed by atoms with E-state index in [1.807, 2.05) is 0 Å². The van der Waals surface area contributed by atoms with Crippen molar-refractivity contribution in [3.63, 3.8) is 0 Å². The number of nitrogens with zero attached hydrogens (tertiary/aromatic N) is 1. The normalized spacial score (nSPS) is 14.5. The topological polar surface area (TPSA) is 220 Å². The van der Waals surface area contributed by atoms with Crippen LogP contribution in [0.1, 0.15) is 28.7 Å². The minimum absolute atomic E-state index is 0.0657. The first-order chi connectivity index (χ1) is 22.9. The van der Waals surface area contributed by atoms with Gasteiger partial charge in [0.2, 0.25) is 21.8 Å². The van der Waals surface area contributed by atoms with E-state index >= 15 is 0 Å². The van der Waals surface area contributed by atoms with Crippen molar-refractivity contribution in [2.45, 2.75) is 42.3 Å². The van der Waals surface area contributed by atoms with E-state index in [9.17, 15) is 36.0 Å². The lowest BCUT2D eigenvalue weighted by Gasteiger charge is -2.25. The van der Waals surface area contributed by atoms with Crippen LogP contribution in [0, 0.1) is 5.41 Å². The van der Waals surface area contributed by atoms with Gasteiger partial charge >= 0.3 is 18.1 Å². The van der Waals surface area contributed by atoms with Crippen LogP contribution in [-0.4, -0.2) is 72.7 Å². The molecule has 3 aromatic carbocycles. The predicted molar refractivity (Wildman–Crippen MR) is 174 cm³/mol. The number of amides is 2. The van der Waals surface area contributed by atoms with Gasteiger partial charge in [-0.25, -0.2) is 17.9 Å². The molecular weight excluding hydrogens is 691 g/mol. The minimum Gasteiger partial charge on any atom is -0.481 e. The summed E-state index contributed by atoms with van der Waals surface area (Å²) in [5.41, 5.74) is 8.56. The van der Waals surface area contributed by atoms with Crippen LogP contribution in [0.5, 0.6) is 0 Å². The van der Waals surface area contributed by atoms with Crippen LogP contribution >= 0.6 is 11.8 Å². The molecule has 0 radical (unpaired) electrons. The average Bonchev–Trinajstić information content (AvgIpc) is 3.15. The lowest BCUT2D eigenvalue weighted by molar-refractivity contribution is -0.192. The Bertz CT molecular complexity index is 1790. The molecule has 1 heterocycles. The van der Waals surface area contributed by atoms with Gasteiger partial charge < -0.3 is 26.2 Å². The number of halogens is 3. The molecule has 0 unspecified atom stereocenters. The van der Waals surface area contributed by atoms with Gasteiger partial charge in [0.15, 0.2) is 0 Å². The summed E-state index contributed by atoms with van der Waals surface area (Å²) in [7, 11) is -3.91. The van der Waals surface area contributed by atoms with E-state index in [1.54, 1.807) is 72.8 Å². The SMILES string of the molecule is N=C(N)c1ccc(CNC(=O)CN2C(=O)[C@H](NS(=O)(=O)Cc3ccccc3)CSc3cc(CCC(=O)O)ccc32)cc1.O=C(O)C(F)(F)F. The Labute approximate surface area is 283 Å². The lowest BCUT2D eigenvalue weighted by atomic mass is 10.1. The molecular formula is C31H32F3N5O8S2. The molecule has 262 valence electrons. The molecule has 0 aliphatic carbocycles. The van der Waals surface area contributed by atoms with Crippen molar-refractivity contribution < 1.29 is 51.0 Å². The van der Waals surface area contributed by atoms with Gasteiger partial charge in [-0.3, -0.25) is 19.8 Å². The Hall–Kier alpha value is -4.94. The molecule has 18 heteroatoms. The number of nitrogens with one attached hydrogen (secondary N) is 3. The Morgan fingerprint density at radius 2 is 1.59 bits per heavy atom. The quantitative estimate of drug-likeness (QED) is 0.119. The fraction of sp³-hybridized carbons (Fsp3) is 0.258. The Morgan fingerprint density at radius 1 is 0.980 bits per heavy atom. The third-order valence-corrected chi connectivity index (χ3v) is 9.23. The van der Waals surface area contributed by atoms with Gasteiger partial charge in [0, 0.05) is 29.2 Å². The smallest absolute Gasteiger partial charge is 0.481 e. The summed E-state index contributed by atoms with van der Waals surface area (Å²) in [5.74, 6) is -5.01. The summed E-state index contributed by atoms with van der Waals surface area (Å²) in [6, 6.07) is 19.4. The van der Waals surface area contributed by atoms with E-state index in [1.165, 1.54) is 16.7 Å². The molecule has 4 rings (SSSR count). The summed E-state index contributed by atoms with van der Waals surface area (Å²) in [6.45, 7) is -0.189. The zero-order valence-corrected chi connectivity index (χ0v) is 27.2. The minimum atomic E-state index is -5.08. The first-order valence-corrected chi connectivity index (χ1v) is 16.9. The number of fused-ring (bicyclic) bond motifs is 1. The highest BCUT2D eigenvalue weighted by molar-refractivity contribution is 7.99. The molecule has 0 bridgehead atoms. The maximum atomic E-state index is 13.7. The number of amidine groups is 1. The summed E-state index contributed by atoms with van der Waals surface area (Å²) in [4.78, 5) is 48.6. The molecule has 1 aliphatic heterocycles. The molecule has 1 atom stereocenters. The number of carboxylic acid groups (broad SMARTS) is 2. The molecule has 0 saturated heterocycles. The molecule has 2 amide bonds. The third kappa shape index (κ3) is 12.2. The second kappa shape index (κ2) is 16.9. The molecule has 0 saturated carbocycles. The van der Waals surface area contributed by atoms with Crippen LogP contribution < -0.4 is 20.7 Å². The third-order valence-electron chi connectivity index (χ3n) is 6.73. The van der Waals surface area contributed by atoms with Crippen LogP contribution in [0.4, 0.5) is 18.9 Å². The number of carboxylic acids is 2. The molecule has 49 heavy (non-hydrogen) atoms. The van der Waals surface area contributed by atoms with Gasteiger partial charge in [-0.2, -0.15) is 13.2 Å². The molecule has 0 spiro atoms. The number of thioether (sulfide) groups is 1. The van der Waals surface area contributed by atoms with Crippen molar-refractivity contribution in [1.82, 2.24) is 10.0 Å². The number of hydrogen-bond donors (Lipinski definition) is 6. The number of benzene rings is 3. The maximum Gasteiger partial charge on any atom is 0.490 e. The Morgan fingerprint density at radius 3 is 2.16 bits per heavy atom. The number of hydrogen-bond acceptors (Lipinski definition) is 8. The Kier molecular flexibility index (Phi) is 13.3. The average molecular weight is 724 g/mol. The van der Waals surface area contributed by atoms with Crippen LogP contribution in [0.3, 0.4) is 0 Å².